The van der Waals surface area contributed by atoms with Crippen LogP contribution in [0.15, 0.2) is 76.3 Å². The van der Waals surface area contributed by atoms with Gasteiger partial charge in [0.2, 0.25) is 0 Å². The maximum Gasteiger partial charge on any atom is 0.271 e. The highest BCUT2D eigenvalue weighted by Gasteiger charge is 2.22. The molecule has 0 aliphatic carbocycles. The number of halogens is 2. The molecule has 8 heteroatoms. The van der Waals surface area contributed by atoms with E-state index in [4.69, 9.17) is 0 Å². The van der Waals surface area contributed by atoms with Crippen molar-refractivity contribution in [3.63, 3.8) is 0 Å². The van der Waals surface area contributed by atoms with Gasteiger partial charge in [-0.15, -0.1) is 0 Å². The van der Waals surface area contributed by atoms with Crippen LogP contribution in [0, 0.1) is 18.6 Å². The first-order valence-electron chi connectivity index (χ1n) is 13.5. The van der Waals surface area contributed by atoms with Gasteiger partial charge in [0.25, 0.3) is 10.9 Å². The summed E-state index contributed by atoms with van der Waals surface area (Å²) in [6.07, 6.45) is 0. The first-order chi connectivity index (χ1) is 19.1. The van der Waals surface area contributed by atoms with Gasteiger partial charge in [0.1, 0.15) is 5.69 Å². The molecule has 0 saturated carbocycles. The van der Waals surface area contributed by atoms with Gasteiger partial charge in [0, 0.05) is 11.7 Å². The summed E-state index contributed by atoms with van der Waals surface area (Å²) in [4.78, 5) is 25.4. The zero-order chi connectivity index (χ0) is 29.4. The van der Waals surface area contributed by atoms with Crippen LogP contribution in [0.1, 0.15) is 62.0 Å². The smallest absolute Gasteiger partial charge is 0.271 e. The molecule has 0 aliphatic heterocycles. The summed E-state index contributed by atoms with van der Waals surface area (Å²) in [6, 6.07) is 18.3. The Balaban J connectivity index is 0.000000559. The fraction of sp³-hybridized carbons (Fsp3) is 0.312. The van der Waals surface area contributed by atoms with E-state index in [9.17, 15) is 23.5 Å². The van der Waals surface area contributed by atoms with E-state index in [2.05, 4.69) is 36.3 Å². The highest BCUT2D eigenvalue weighted by Crippen LogP contribution is 2.30. The molecule has 40 heavy (non-hydrogen) atoms. The van der Waals surface area contributed by atoms with Crippen LogP contribution < -0.4 is 21.5 Å². The predicted molar refractivity (Wildman–Crippen MR) is 157 cm³/mol. The van der Waals surface area contributed by atoms with Gasteiger partial charge in [-0.05, 0) is 74.4 Å². The van der Waals surface area contributed by atoms with Crippen molar-refractivity contribution in [2.45, 2.75) is 46.7 Å². The second kappa shape index (κ2) is 14.0. The lowest BCUT2D eigenvalue weighted by Crippen LogP contribution is -2.32. The second-order valence-corrected chi connectivity index (χ2v) is 9.66. The first kappa shape index (κ1) is 30.7. The van der Waals surface area contributed by atoms with Crippen molar-refractivity contribution < 1.29 is 13.9 Å². The number of aromatic hydroxyl groups is 1. The van der Waals surface area contributed by atoms with Crippen LogP contribution >= 0.6 is 0 Å². The van der Waals surface area contributed by atoms with Gasteiger partial charge >= 0.3 is 0 Å². The fourth-order valence-electron chi connectivity index (χ4n) is 4.38. The Labute approximate surface area is 234 Å². The Morgan fingerprint density at radius 3 is 1.98 bits per heavy atom. The molecule has 0 radical (unpaired) electrons. The van der Waals surface area contributed by atoms with Crippen molar-refractivity contribution in [1.82, 2.24) is 10.2 Å². The predicted octanol–water partition coefficient (Wildman–Crippen LogP) is 6.11. The summed E-state index contributed by atoms with van der Waals surface area (Å²) in [7, 11) is 0. The number of hydrogen-bond acceptors (Lipinski definition) is 6. The summed E-state index contributed by atoms with van der Waals surface area (Å²) < 4.78 is 27.2. The maximum atomic E-state index is 13.8. The van der Waals surface area contributed by atoms with Crippen LogP contribution in [-0.2, 0) is 0 Å². The lowest BCUT2D eigenvalue weighted by Gasteiger charge is -2.25. The molecule has 2 atom stereocenters. The molecule has 0 heterocycles. The quantitative estimate of drug-likeness (QED) is 0.207. The van der Waals surface area contributed by atoms with E-state index in [0.29, 0.717) is 11.3 Å². The minimum absolute atomic E-state index is 0.132. The summed E-state index contributed by atoms with van der Waals surface area (Å²) in [5.41, 5.74) is 2.18. The first-order valence-corrected chi connectivity index (χ1v) is 13.5. The Kier molecular flexibility index (Phi) is 10.7. The van der Waals surface area contributed by atoms with Crippen molar-refractivity contribution in [3.8, 4) is 5.75 Å². The molecule has 2 unspecified atom stereocenters. The number of hydrogen-bond donors (Lipinski definition) is 3. The monoisotopic (exact) mass is 549 g/mol. The molecule has 0 bridgehead atoms. The molecule has 6 nitrogen and oxygen atoms in total. The molecule has 0 aromatic heterocycles. The van der Waals surface area contributed by atoms with E-state index in [1.807, 2.05) is 44.2 Å². The molecule has 4 rings (SSSR count). The third-order valence-corrected chi connectivity index (χ3v) is 6.99. The third-order valence-electron chi connectivity index (χ3n) is 6.99. The zero-order valence-corrected chi connectivity index (χ0v) is 23.6. The number of aryl methyl sites for hydroxylation is 1. The zero-order valence-electron chi connectivity index (χ0n) is 23.6. The van der Waals surface area contributed by atoms with Crippen LogP contribution in [0.25, 0.3) is 0 Å². The molecule has 0 spiro atoms. The average Bonchev–Trinajstić information content (AvgIpc) is 2.97. The van der Waals surface area contributed by atoms with Crippen LogP contribution in [-0.4, -0.2) is 29.6 Å². The Hall–Kier alpha value is -3.88. The molecule has 4 aromatic carbocycles. The Morgan fingerprint density at radius 2 is 1.43 bits per heavy atom. The van der Waals surface area contributed by atoms with Crippen molar-refractivity contribution in [3.05, 3.63) is 121 Å². The molecule has 0 saturated heterocycles. The molecule has 212 valence electrons. The van der Waals surface area contributed by atoms with Gasteiger partial charge in [-0.2, -0.15) is 0 Å². The van der Waals surface area contributed by atoms with Crippen molar-refractivity contribution in [2.75, 3.05) is 25.0 Å². The van der Waals surface area contributed by atoms with Crippen LogP contribution in [0.3, 0.4) is 0 Å². The fourth-order valence-corrected chi connectivity index (χ4v) is 4.38. The third kappa shape index (κ3) is 7.40. The van der Waals surface area contributed by atoms with E-state index in [1.165, 1.54) is 31.8 Å². The lowest BCUT2D eigenvalue weighted by atomic mass is 9.95. The van der Waals surface area contributed by atoms with Gasteiger partial charge in [-0.3, -0.25) is 14.9 Å². The van der Waals surface area contributed by atoms with Gasteiger partial charge in [0.05, 0.1) is 6.04 Å². The summed E-state index contributed by atoms with van der Waals surface area (Å²) in [5, 5.41) is 15.9. The van der Waals surface area contributed by atoms with E-state index in [1.54, 1.807) is 18.2 Å². The molecule has 0 fully saturated rings. The normalized spacial score (nSPS) is 12.6. The highest BCUT2D eigenvalue weighted by molar-refractivity contribution is 5.69. The number of anilines is 2. The number of nitrogens with one attached hydrogen (secondary N) is 2. The van der Waals surface area contributed by atoms with Crippen LogP contribution in [0.5, 0.6) is 5.75 Å². The van der Waals surface area contributed by atoms with E-state index < -0.39 is 28.2 Å². The topological polar surface area (TPSA) is 81.7 Å². The second-order valence-electron chi connectivity index (χ2n) is 9.66. The minimum atomic E-state index is -0.910. The van der Waals surface area contributed by atoms with Crippen molar-refractivity contribution in [1.29, 1.82) is 0 Å². The standard InChI is InChI=1S/C26H22F2N2O3.C6H15N/c1-14-6-8-16(9-7-14)22(29-15(2)17-10-11-20(27)21(28)13-17)18-4-3-5-19(12-18)30-23-24(31)26(33)25(23)32;1-4-7(5-2)6-3/h3-13,15,22,29-31H,1-2H3;4-6H2,1-3H3. The highest BCUT2D eigenvalue weighted by atomic mass is 19.2. The van der Waals surface area contributed by atoms with Gasteiger partial charge in [-0.1, -0.05) is 68.8 Å². The molecular weight excluding hydrogens is 512 g/mol. The van der Waals surface area contributed by atoms with Crippen molar-refractivity contribution in [2.24, 2.45) is 0 Å². The largest absolute Gasteiger partial charge is 0.502 e. The summed E-state index contributed by atoms with van der Waals surface area (Å²) >= 11 is 0. The van der Waals surface area contributed by atoms with E-state index in [0.717, 1.165) is 22.8 Å². The molecule has 3 N–H and O–H groups in total. The van der Waals surface area contributed by atoms with Crippen LogP contribution in [0.2, 0.25) is 0 Å². The SMILES string of the molecule is CCN(CC)CC.Cc1ccc(C(NC(C)c2ccc(F)c(F)c2)c2cccc(Nc3c(O)c(=O)c3=O)c2)cc1. The minimum Gasteiger partial charge on any atom is -0.502 e. The van der Waals surface area contributed by atoms with Gasteiger partial charge in [-0.25, -0.2) is 8.78 Å². The number of nitrogens with zero attached hydrogens (tertiary/aromatic N) is 1. The van der Waals surface area contributed by atoms with Gasteiger partial charge < -0.3 is 15.3 Å². The molecule has 0 amide bonds. The van der Waals surface area contributed by atoms with Crippen molar-refractivity contribution >= 4 is 11.4 Å². The van der Waals surface area contributed by atoms with Gasteiger partial charge in [0.15, 0.2) is 17.4 Å². The Bertz CT molecular complexity index is 1470. The van der Waals surface area contributed by atoms with E-state index >= 15 is 0 Å². The maximum absolute atomic E-state index is 13.8. The summed E-state index contributed by atoms with van der Waals surface area (Å²) in [6.45, 7) is 14.0. The number of benzene rings is 3. The number of rotatable bonds is 10. The summed E-state index contributed by atoms with van der Waals surface area (Å²) in [5.74, 6) is -2.39. The lowest BCUT2D eigenvalue weighted by molar-refractivity contribution is 0.321. The molecule has 4 aromatic rings. The van der Waals surface area contributed by atoms with E-state index in [-0.39, 0.29) is 17.8 Å². The average molecular weight is 550 g/mol. The Morgan fingerprint density at radius 1 is 0.800 bits per heavy atom. The van der Waals surface area contributed by atoms with Crippen LogP contribution in [0.4, 0.5) is 20.2 Å². The molecular formula is C32H37F2N3O3. The molecule has 0 aliphatic rings.